The first-order valence-corrected chi connectivity index (χ1v) is 4.80. The van der Waals surface area contributed by atoms with Crippen LogP contribution in [-0.2, 0) is 28.9 Å². The molecule has 1 N–H and O–H groups in total. The molecule has 17 heavy (non-hydrogen) atoms. The van der Waals surface area contributed by atoms with Crippen LogP contribution in [0.2, 0.25) is 0 Å². The lowest BCUT2D eigenvalue weighted by molar-refractivity contribution is -0.275. The van der Waals surface area contributed by atoms with Crippen molar-refractivity contribution in [1.29, 1.82) is 0 Å². The maximum absolute atomic E-state index is 10.9. The van der Waals surface area contributed by atoms with Crippen molar-refractivity contribution < 1.29 is 34.0 Å². The first kappa shape index (κ1) is 15.1. The Kier molecular flexibility index (Phi) is 7.36. The lowest BCUT2D eigenvalue weighted by Crippen LogP contribution is -2.13. The first-order chi connectivity index (χ1) is 7.93. The van der Waals surface area contributed by atoms with Gasteiger partial charge in [0.25, 0.3) is 0 Å². The van der Waals surface area contributed by atoms with Gasteiger partial charge in [0.1, 0.15) is 13.2 Å². The van der Waals surface area contributed by atoms with Crippen molar-refractivity contribution in [3.05, 3.63) is 12.2 Å². The largest absolute Gasteiger partial charge is 0.481 e. The van der Waals surface area contributed by atoms with E-state index in [-0.39, 0.29) is 31.6 Å². The maximum Gasteiger partial charge on any atom is 0.342 e. The molecule has 0 unspecified atom stereocenters. The highest BCUT2D eigenvalue weighted by atomic mass is 17.2. The number of carbonyl (C=O) groups excluding carboxylic acids is 2. The molecule has 0 radical (unpaired) electrons. The van der Waals surface area contributed by atoms with Gasteiger partial charge in [-0.1, -0.05) is 6.58 Å². The number of carboxylic acids is 1. The Balaban J connectivity index is 3.45. The molecule has 0 aliphatic rings. The second-order valence-corrected chi connectivity index (χ2v) is 3.09. The van der Waals surface area contributed by atoms with E-state index in [1.807, 2.05) is 0 Å². The molecular weight excluding hydrogens is 232 g/mol. The Morgan fingerprint density at radius 2 is 1.82 bits per heavy atom. The average molecular weight is 246 g/mol. The van der Waals surface area contributed by atoms with Crippen LogP contribution < -0.4 is 0 Å². The number of carbonyl (C=O) groups is 3. The molecule has 7 nitrogen and oxygen atoms in total. The van der Waals surface area contributed by atoms with Crippen molar-refractivity contribution in [2.45, 2.75) is 19.8 Å². The zero-order valence-corrected chi connectivity index (χ0v) is 9.43. The van der Waals surface area contributed by atoms with Crippen LogP contribution in [0.15, 0.2) is 12.2 Å². The van der Waals surface area contributed by atoms with Crippen LogP contribution in [0.5, 0.6) is 0 Å². The van der Waals surface area contributed by atoms with Crippen LogP contribution in [0.25, 0.3) is 0 Å². The SMILES string of the molecule is C=C(C)C(=O)OCCOOC(=O)CCC(=O)O. The van der Waals surface area contributed by atoms with Gasteiger partial charge in [0.05, 0.1) is 12.8 Å². The summed E-state index contributed by atoms with van der Waals surface area (Å²) < 4.78 is 4.63. The fourth-order valence-corrected chi connectivity index (χ4v) is 0.650. The Labute approximate surface area is 97.9 Å². The molecule has 0 aromatic rings. The van der Waals surface area contributed by atoms with Gasteiger partial charge in [0, 0.05) is 5.57 Å². The third-order valence-electron chi connectivity index (χ3n) is 1.44. The molecule has 0 rings (SSSR count). The van der Waals surface area contributed by atoms with E-state index in [2.05, 4.69) is 21.1 Å². The summed E-state index contributed by atoms with van der Waals surface area (Å²) in [7, 11) is 0. The molecule has 0 bridgehead atoms. The second kappa shape index (κ2) is 8.28. The maximum atomic E-state index is 10.9. The number of carboxylic acid groups (broad SMARTS) is 1. The van der Waals surface area contributed by atoms with Crippen LogP contribution in [0.3, 0.4) is 0 Å². The first-order valence-electron chi connectivity index (χ1n) is 4.80. The van der Waals surface area contributed by atoms with Gasteiger partial charge < -0.3 is 9.84 Å². The minimum absolute atomic E-state index is 0.0854. The van der Waals surface area contributed by atoms with Gasteiger partial charge in [0.15, 0.2) is 0 Å². The Morgan fingerprint density at radius 3 is 2.35 bits per heavy atom. The van der Waals surface area contributed by atoms with Gasteiger partial charge in [-0.15, -0.1) is 0 Å². The Bertz CT molecular complexity index is 308. The topological polar surface area (TPSA) is 99.1 Å². The normalized spacial score (nSPS) is 9.47. The molecular formula is C10H14O7. The molecule has 0 saturated carbocycles. The van der Waals surface area contributed by atoms with Gasteiger partial charge in [0.2, 0.25) is 0 Å². The number of hydrogen-bond acceptors (Lipinski definition) is 6. The van der Waals surface area contributed by atoms with Gasteiger partial charge >= 0.3 is 17.9 Å². The summed E-state index contributed by atoms with van der Waals surface area (Å²) >= 11 is 0. The highest BCUT2D eigenvalue weighted by Gasteiger charge is 2.08. The Morgan fingerprint density at radius 1 is 1.18 bits per heavy atom. The van der Waals surface area contributed by atoms with Crippen molar-refractivity contribution >= 4 is 17.9 Å². The minimum Gasteiger partial charge on any atom is -0.481 e. The molecule has 7 heteroatoms. The fraction of sp³-hybridized carbons (Fsp3) is 0.500. The summed E-state index contributed by atoms with van der Waals surface area (Å²) in [6.07, 6.45) is -0.603. The predicted octanol–water partition coefficient (Wildman–Crippen LogP) is 0.445. The van der Waals surface area contributed by atoms with Crippen molar-refractivity contribution in [3.8, 4) is 0 Å². The lowest BCUT2D eigenvalue weighted by Gasteiger charge is -2.04. The molecule has 0 aliphatic heterocycles. The smallest absolute Gasteiger partial charge is 0.342 e. The quantitative estimate of drug-likeness (QED) is 0.218. The standard InChI is InChI=1S/C10H14O7/c1-7(2)10(14)15-5-6-16-17-9(13)4-3-8(11)12/h1,3-6H2,2H3,(H,11,12). The Hall–Kier alpha value is -1.89. The molecule has 0 aromatic carbocycles. The van der Waals surface area contributed by atoms with Crippen LogP contribution in [0, 0.1) is 0 Å². The summed E-state index contributed by atoms with van der Waals surface area (Å²) in [4.78, 5) is 40.4. The third kappa shape index (κ3) is 9.06. The molecule has 0 saturated heterocycles. The zero-order chi connectivity index (χ0) is 13.3. The van der Waals surface area contributed by atoms with E-state index in [1.165, 1.54) is 6.92 Å². The fourth-order valence-electron chi connectivity index (χ4n) is 0.650. The van der Waals surface area contributed by atoms with E-state index in [4.69, 9.17) is 5.11 Å². The number of aliphatic carboxylic acids is 1. The number of hydrogen-bond donors (Lipinski definition) is 1. The summed E-state index contributed by atoms with van der Waals surface area (Å²) in [5, 5.41) is 8.27. The highest BCUT2D eigenvalue weighted by Crippen LogP contribution is 1.95. The molecule has 0 spiro atoms. The van der Waals surface area contributed by atoms with Crippen molar-refractivity contribution in [2.75, 3.05) is 13.2 Å². The van der Waals surface area contributed by atoms with Gasteiger partial charge in [-0.05, 0) is 6.92 Å². The van der Waals surface area contributed by atoms with Crippen LogP contribution in [0.4, 0.5) is 0 Å². The van der Waals surface area contributed by atoms with Crippen molar-refractivity contribution in [2.24, 2.45) is 0 Å². The summed E-state index contributed by atoms with van der Waals surface area (Å²) in [6, 6.07) is 0. The van der Waals surface area contributed by atoms with Gasteiger partial charge in [-0.25, -0.2) is 9.59 Å². The zero-order valence-electron chi connectivity index (χ0n) is 9.43. The highest BCUT2D eigenvalue weighted by molar-refractivity contribution is 5.86. The number of esters is 1. The molecule has 0 aliphatic carbocycles. The molecule has 0 fully saturated rings. The summed E-state index contributed by atoms with van der Waals surface area (Å²) in [5.74, 6) is -2.46. The van der Waals surface area contributed by atoms with Crippen molar-refractivity contribution in [1.82, 2.24) is 0 Å². The second-order valence-electron chi connectivity index (χ2n) is 3.09. The van der Waals surface area contributed by atoms with Crippen molar-refractivity contribution in [3.63, 3.8) is 0 Å². The van der Waals surface area contributed by atoms with E-state index < -0.39 is 17.9 Å². The average Bonchev–Trinajstić information content (AvgIpc) is 2.25. The van der Waals surface area contributed by atoms with Crippen LogP contribution in [0.1, 0.15) is 19.8 Å². The van der Waals surface area contributed by atoms with Crippen LogP contribution in [-0.4, -0.2) is 36.2 Å². The molecule has 0 heterocycles. The van der Waals surface area contributed by atoms with E-state index in [0.717, 1.165) is 0 Å². The number of ether oxygens (including phenoxy) is 1. The monoisotopic (exact) mass is 246 g/mol. The lowest BCUT2D eigenvalue weighted by atomic mass is 10.3. The molecule has 0 atom stereocenters. The van der Waals surface area contributed by atoms with Crippen LogP contribution >= 0.6 is 0 Å². The van der Waals surface area contributed by atoms with E-state index >= 15 is 0 Å². The van der Waals surface area contributed by atoms with Gasteiger partial charge in [-0.2, -0.15) is 4.89 Å². The van der Waals surface area contributed by atoms with Gasteiger partial charge in [-0.3, -0.25) is 9.68 Å². The molecule has 0 aromatic heterocycles. The van der Waals surface area contributed by atoms with E-state index in [0.29, 0.717) is 0 Å². The molecule has 96 valence electrons. The van der Waals surface area contributed by atoms with E-state index in [1.54, 1.807) is 0 Å². The predicted molar refractivity (Wildman–Crippen MR) is 54.7 cm³/mol. The minimum atomic E-state index is -1.10. The summed E-state index contributed by atoms with van der Waals surface area (Å²) in [6.45, 7) is 4.65. The summed E-state index contributed by atoms with van der Waals surface area (Å²) in [5.41, 5.74) is 0.253. The van der Waals surface area contributed by atoms with E-state index in [9.17, 15) is 14.4 Å². The molecule has 0 amide bonds. The number of rotatable bonds is 8. The third-order valence-corrected chi connectivity index (χ3v) is 1.44.